The summed E-state index contributed by atoms with van der Waals surface area (Å²) in [6.07, 6.45) is 0.930. The van der Waals surface area contributed by atoms with Crippen LogP contribution in [0.25, 0.3) is 0 Å². The SMILES string of the molecule is COc1cc(C(=O)c2ccc3c(c2)CC(C)O3)ccc1F. The minimum Gasteiger partial charge on any atom is -0.494 e. The Kier molecular flexibility index (Phi) is 3.37. The largest absolute Gasteiger partial charge is 0.494 e. The molecule has 0 spiro atoms. The van der Waals surface area contributed by atoms with Crippen molar-refractivity contribution in [2.75, 3.05) is 7.11 Å². The van der Waals surface area contributed by atoms with Crippen molar-refractivity contribution in [3.63, 3.8) is 0 Å². The van der Waals surface area contributed by atoms with E-state index in [1.165, 1.54) is 25.3 Å². The van der Waals surface area contributed by atoms with Gasteiger partial charge >= 0.3 is 0 Å². The van der Waals surface area contributed by atoms with Gasteiger partial charge in [0.1, 0.15) is 11.9 Å². The van der Waals surface area contributed by atoms with Gasteiger partial charge in [-0.1, -0.05) is 0 Å². The minimum atomic E-state index is -0.481. The highest BCUT2D eigenvalue weighted by atomic mass is 19.1. The first-order chi connectivity index (χ1) is 10.1. The molecule has 0 aliphatic carbocycles. The highest BCUT2D eigenvalue weighted by Crippen LogP contribution is 2.30. The van der Waals surface area contributed by atoms with E-state index < -0.39 is 5.82 Å². The van der Waals surface area contributed by atoms with E-state index in [0.29, 0.717) is 11.1 Å². The number of hydrogen-bond donors (Lipinski definition) is 0. The molecule has 1 aliphatic rings. The highest BCUT2D eigenvalue weighted by molar-refractivity contribution is 6.09. The number of ether oxygens (including phenoxy) is 2. The predicted octanol–water partition coefficient (Wildman–Crippen LogP) is 3.39. The van der Waals surface area contributed by atoms with Crippen LogP contribution in [0.1, 0.15) is 28.4 Å². The maximum absolute atomic E-state index is 13.4. The first-order valence-electron chi connectivity index (χ1n) is 6.76. The molecule has 0 saturated heterocycles. The average Bonchev–Trinajstić information content (AvgIpc) is 2.86. The summed E-state index contributed by atoms with van der Waals surface area (Å²) in [5, 5.41) is 0. The van der Waals surface area contributed by atoms with E-state index in [4.69, 9.17) is 9.47 Å². The molecule has 0 aromatic heterocycles. The molecule has 0 radical (unpaired) electrons. The molecule has 1 aliphatic heterocycles. The van der Waals surface area contributed by atoms with Gasteiger partial charge in [-0.15, -0.1) is 0 Å². The smallest absolute Gasteiger partial charge is 0.193 e. The molecule has 4 heteroatoms. The Labute approximate surface area is 122 Å². The molecule has 0 bridgehead atoms. The van der Waals surface area contributed by atoms with Crippen LogP contribution in [-0.4, -0.2) is 19.0 Å². The van der Waals surface area contributed by atoms with Gasteiger partial charge in [0.2, 0.25) is 0 Å². The van der Waals surface area contributed by atoms with Crippen molar-refractivity contribution in [2.24, 2.45) is 0 Å². The fourth-order valence-corrected chi connectivity index (χ4v) is 2.53. The normalized spacial score (nSPS) is 16.2. The summed E-state index contributed by atoms with van der Waals surface area (Å²) in [5.41, 5.74) is 2.00. The predicted molar refractivity (Wildman–Crippen MR) is 76.6 cm³/mol. The van der Waals surface area contributed by atoms with Crippen molar-refractivity contribution >= 4 is 5.78 Å². The van der Waals surface area contributed by atoms with E-state index in [0.717, 1.165) is 17.7 Å². The molecule has 1 unspecified atom stereocenters. The van der Waals surface area contributed by atoms with Crippen molar-refractivity contribution in [2.45, 2.75) is 19.4 Å². The lowest BCUT2D eigenvalue weighted by Crippen LogP contribution is -2.05. The molecule has 2 aromatic rings. The topological polar surface area (TPSA) is 35.5 Å². The van der Waals surface area contributed by atoms with Crippen LogP contribution in [0, 0.1) is 5.82 Å². The first-order valence-corrected chi connectivity index (χ1v) is 6.76. The Morgan fingerprint density at radius 3 is 2.71 bits per heavy atom. The van der Waals surface area contributed by atoms with Gasteiger partial charge in [0.25, 0.3) is 0 Å². The number of rotatable bonds is 3. The van der Waals surface area contributed by atoms with Crippen LogP contribution in [0.15, 0.2) is 36.4 Å². The number of fused-ring (bicyclic) bond motifs is 1. The molecular formula is C17H15FO3. The van der Waals surface area contributed by atoms with Gasteiger partial charge in [-0.05, 0) is 48.9 Å². The first kappa shape index (κ1) is 13.6. The summed E-state index contributed by atoms with van der Waals surface area (Å²) in [6, 6.07) is 9.51. The molecule has 21 heavy (non-hydrogen) atoms. The van der Waals surface area contributed by atoms with Crippen LogP contribution in [-0.2, 0) is 6.42 Å². The summed E-state index contributed by atoms with van der Waals surface area (Å²) in [4.78, 5) is 12.5. The zero-order chi connectivity index (χ0) is 15.0. The van der Waals surface area contributed by atoms with Gasteiger partial charge in [-0.3, -0.25) is 4.79 Å². The van der Waals surface area contributed by atoms with Crippen LogP contribution in [0.5, 0.6) is 11.5 Å². The lowest BCUT2D eigenvalue weighted by atomic mass is 9.99. The molecule has 0 amide bonds. The lowest BCUT2D eigenvalue weighted by Gasteiger charge is -2.06. The number of benzene rings is 2. The van der Waals surface area contributed by atoms with E-state index in [1.807, 2.05) is 19.1 Å². The zero-order valence-corrected chi connectivity index (χ0v) is 11.9. The molecule has 3 rings (SSSR count). The van der Waals surface area contributed by atoms with Crippen molar-refractivity contribution in [3.8, 4) is 11.5 Å². The summed E-state index contributed by atoms with van der Waals surface area (Å²) >= 11 is 0. The van der Waals surface area contributed by atoms with Crippen LogP contribution in [0.4, 0.5) is 4.39 Å². The Balaban J connectivity index is 1.94. The maximum Gasteiger partial charge on any atom is 0.193 e. The summed E-state index contributed by atoms with van der Waals surface area (Å²) in [6.45, 7) is 1.99. The van der Waals surface area contributed by atoms with E-state index in [-0.39, 0.29) is 17.6 Å². The Morgan fingerprint density at radius 2 is 1.95 bits per heavy atom. The standard InChI is InChI=1S/C17H15FO3/c1-10-7-13-8-11(4-6-15(13)21-10)17(19)12-3-5-14(18)16(9-12)20-2/h3-6,8-10H,7H2,1-2H3. The van der Waals surface area contributed by atoms with Crippen molar-refractivity contribution in [1.82, 2.24) is 0 Å². The Bertz CT molecular complexity index is 709. The van der Waals surface area contributed by atoms with Gasteiger partial charge < -0.3 is 9.47 Å². The van der Waals surface area contributed by atoms with Crippen molar-refractivity contribution < 1.29 is 18.7 Å². The fraction of sp³-hybridized carbons (Fsp3) is 0.235. The monoisotopic (exact) mass is 286 g/mol. The number of halogens is 1. The second-order valence-electron chi connectivity index (χ2n) is 5.13. The molecule has 0 saturated carbocycles. The fourth-order valence-electron chi connectivity index (χ4n) is 2.53. The molecule has 2 aromatic carbocycles. The number of carbonyl (C=O) groups excluding carboxylic acids is 1. The van der Waals surface area contributed by atoms with Crippen LogP contribution < -0.4 is 9.47 Å². The van der Waals surface area contributed by atoms with Gasteiger partial charge in [0.05, 0.1) is 7.11 Å². The third-order valence-corrected chi connectivity index (χ3v) is 3.57. The van der Waals surface area contributed by atoms with E-state index >= 15 is 0 Å². The van der Waals surface area contributed by atoms with Gasteiger partial charge in [-0.2, -0.15) is 0 Å². The number of methoxy groups -OCH3 is 1. The van der Waals surface area contributed by atoms with Crippen LogP contribution >= 0.6 is 0 Å². The number of carbonyl (C=O) groups is 1. The minimum absolute atomic E-state index is 0.0685. The highest BCUT2D eigenvalue weighted by Gasteiger charge is 2.21. The van der Waals surface area contributed by atoms with Crippen LogP contribution in [0.3, 0.4) is 0 Å². The molecule has 1 atom stereocenters. The summed E-state index contributed by atoms with van der Waals surface area (Å²) in [7, 11) is 1.38. The molecular weight excluding hydrogens is 271 g/mol. The number of hydrogen-bond acceptors (Lipinski definition) is 3. The number of ketones is 1. The van der Waals surface area contributed by atoms with E-state index in [1.54, 1.807) is 6.07 Å². The molecule has 108 valence electrons. The quantitative estimate of drug-likeness (QED) is 0.811. The van der Waals surface area contributed by atoms with Crippen molar-refractivity contribution in [3.05, 3.63) is 58.9 Å². The summed E-state index contributed by atoms with van der Waals surface area (Å²) < 4.78 is 23.9. The molecule has 3 nitrogen and oxygen atoms in total. The molecule has 1 heterocycles. The second-order valence-corrected chi connectivity index (χ2v) is 5.13. The maximum atomic E-state index is 13.4. The second kappa shape index (κ2) is 5.20. The van der Waals surface area contributed by atoms with Gasteiger partial charge in [0.15, 0.2) is 17.3 Å². The van der Waals surface area contributed by atoms with Gasteiger partial charge in [-0.25, -0.2) is 4.39 Å². The Morgan fingerprint density at radius 1 is 1.24 bits per heavy atom. The lowest BCUT2D eigenvalue weighted by molar-refractivity contribution is 0.103. The van der Waals surface area contributed by atoms with E-state index in [2.05, 4.69) is 0 Å². The summed E-state index contributed by atoms with van der Waals surface area (Å²) in [5.74, 6) is 0.260. The third kappa shape index (κ3) is 2.49. The Hall–Kier alpha value is -2.36. The van der Waals surface area contributed by atoms with Crippen LogP contribution in [0.2, 0.25) is 0 Å². The average molecular weight is 286 g/mol. The van der Waals surface area contributed by atoms with Crippen molar-refractivity contribution in [1.29, 1.82) is 0 Å². The molecule has 0 fully saturated rings. The van der Waals surface area contributed by atoms with Gasteiger partial charge in [0, 0.05) is 17.5 Å². The molecule has 0 N–H and O–H groups in total. The van der Waals surface area contributed by atoms with E-state index in [9.17, 15) is 9.18 Å². The third-order valence-electron chi connectivity index (χ3n) is 3.57. The zero-order valence-electron chi connectivity index (χ0n) is 11.9.